The Balaban J connectivity index is 1.56. The first-order valence-corrected chi connectivity index (χ1v) is 13.9. The Kier molecular flexibility index (Phi) is 7.94. The quantitative estimate of drug-likeness (QED) is 0.553. The van der Waals surface area contributed by atoms with E-state index in [-0.39, 0.29) is 12.5 Å². The van der Waals surface area contributed by atoms with Gasteiger partial charge in [0.05, 0.1) is 11.5 Å². The van der Waals surface area contributed by atoms with E-state index < -0.39 is 15.4 Å². The molecule has 7 heteroatoms. The number of likely N-dealkylation sites (tertiary alicyclic amines) is 1. The number of para-hydroxylation sites is 1. The number of nitrogens with zero attached hydrogens (tertiary/aromatic N) is 2. The SMILES string of the molecule is CCc1ccc(S(=O)(=O)N2CCC[C@@](COc3ccccc3)(CC(=O)N3CCCCC3)C2)cc1. The van der Waals surface area contributed by atoms with Gasteiger partial charge in [0.1, 0.15) is 5.75 Å². The van der Waals surface area contributed by atoms with Crippen LogP contribution in [0.5, 0.6) is 5.75 Å². The predicted molar refractivity (Wildman–Crippen MR) is 133 cm³/mol. The van der Waals surface area contributed by atoms with Gasteiger partial charge in [-0.3, -0.25) is 4.79 Å². The van der Waals surface area contributed by atoms with Crippen molar-refractivity contribution in [1.29, 1.82) is 0 Å². The highest BCUT2D eigenvalue weighted by atomic mass is 32.2. The molecule has 2 fully saturated rings. The summed E-state index contributed by atoms with van der Waals surface area (Å²) in [6.07, 6.45) is 5.87. The summed E-state index contributed by atoms with van der Waals surface area (Å²) >= 11 is 0. The van der Waals surface area contributed by atoms with E-state index in [1.165, 1.54) is 0 Å². The van der Waals surface area contributed by atoms with Crippen molar-refractivity contribution in [2.45, 2.75) is 56.8 Å². The molecule has 0 bridgehead atoms. The van der Waals surface area contributed by atoms with E-state index in [9.17, 15) is 13.2 Å². The minimum Gasteiger partial charge on any atom is -0.493 e. The van der Waals surface area contributed by atoms with Crippen LogP contribution in [-0.2, 0) is 21.2 Å². The van der Waals surface area contributed by atoms with E-state index in [0.29, 0.717) is 30.9 Å². The highest BCUT2D eigenvalue weighted by Crippen LogP contribution is 2.37. The zero-order valence-electron chi connectivity index (χ0n) is 20.1. The topological polar surface area (TPSA) is 66.9 Å². The molecule has 6 nitrogen and oxygen atoms in total. The summed E-state index contributed by atoms with van der Waals surface area (Å²) in [5, 5.41) is 0. The molecule has 0 aromatic heterocycles. The van der Waals surface area contributed by atoms with Crippen LogP contribution in [0, 0.1) is 5.41 Å². The van der Waals surface area contributed by atoms with Gasteiger partial charge >= 0.3 is 0 Å². The van der Waals surface area contributed by atoms with E-state index in [4.69, 9.17) is 4.74 Å². The van der Waals surface area contributed by atoms with Crippen LogP contribution in [0.3, 0.4) is 0 Å². The van der Waals surface area contributed by atoms with E-state index >= 15 is 0 Å². The Labute approximate surface area is 204 Å². The Bertz CT molecular complexity index is 1050. The number of hydrogen-bond acceptors (Lipinski definition) is 4. The molecule has 1 amide bonds. The lowest BCUT2D eigenvalue weighted by molar-refractivity contribution is -0.136. The van der Waals surface area contributed by atoms with Crippen molar-refractivity contribution < 1.29 is 17.9 Å². The predicted octanol–water partition coefficient (Wildman–Crippen LogP) is 4.50. The molecule has 2 aliphatic rings. The highest BCUT2D eigenvalue weighted by Gasteiger charge is 2.43. The molecule has 2 aromatic carbocycles. The molecule has 0 radical (unpaired) electrons. The third kappa shape index (κ3) is 5.81. The van der Waals surface area contributed by atoms with Crippen molar-refractivity contribution in [2.24, 2.45) is 5.41 Å². The first-order valence-electron chi connectivity index (χ1n) is 12.5. The van der Waals surface area contributed by atoms with Crippen LogP contribution < -0.4 is 4.74 Å². The average molecular weight is 485 g/mol. The second-order valence-electron chi connectivity index (χ2n) is 9.66. The van der Waals surface area contributed by atoms with E-state index in [0.717, 1.165) is 56.5 Å². The third-order valence-electron chi connectivity index (χ3n) is 7.12. The van der Waals surface area contributed by atoms with Gasteiger partial charge in [0.25, 0.3) is 0 Å². The molecular formula is C27H36N2O4S. The monoisotopic (exact) mass is 484 g/mol. The number of ether oxygens (including phenoxy) is 1. The van der Waals surface area contributed by atoms with Crippen molar-refractivity contribution in [2.75, 3.05) is 32.8 Å². The summed E-state index contributed by atoms with van der Waals surface area (Å²) in [7, 11) is -3.65. The van der Waals surface area contributed by atoms with Gasteiger partial charge in [-0.1, -0.05) is 37.3 Å². The second-order valence-corrected chi connectivity index (χ2v) is 11.6. The lowest BCUT2D eigenvalue weighted by Gasteiger charge is -2.42. The lowest BCUT2D eigenvalue weighted by Crippen LogP contribution is -2.51. The fraction of sp³-hybridized carbons (Fsp3) is 0.519. The van der Waals surface area contributed by atoms with Crippen molar-refractivity contribution in [1.82, 2.24) is 9.21 Å². The first kappa shape index (κ1) is 24.7. The number of benzene rings is 2. The number of piperidine rings is 2. The van der Waals surface area contributed by atoms with Crippen LogP contribution in [-0.4, -0.2) is 56.3 Å². The molecule has 2 aromatic rings. The van der Waals surface area contributed by atoms with Gasteiger partial charge in [0, 0.05) is 38.0 Å². The fourth-order valence-electron chi connectivity index (χ4n) is 5.06. The molecule has 1 atom stereocenters. The molecule has 0 spiro atoms. The van der Waals surface area contributed by atoms with Crippen LogP contribution in [0.2, 0.25) is 0 Å². The van der Waals surface area contributed by atoms with Crippen molar-refractivity contribution >= 4 is 15.9 Å². The molecule has 0 unspecified atom stereocenters. The van der Waals surface area contributed by atoms with Crippen molar-refractivity contribution in [3.63, 3.8) is 0 Å². The number of sulfonamides is 1. The molecular weight excluding hydrogens is 448 g/mol. The van der Waals surface area contributed by atoms with Crippen LogP contribution in [0.15, 0.2) is 59.5 Å². The van der Waals surface area contributed by atoms with Gasteiger partial charge in [0.15, 0.2) is 0 Å². The number of aryl methyl sites for hydroxylation is 1. The maximum Gasteiger partial charge on any atom is 0.243 e. The number of hydrogen-bond donors (Lipinski definition) is 0. The summed E-state index contributed by atoms with van der Waals surface area (Å²) in [5.41, 5.74) is 0.550. The summed E-state index contributed by atoms with van der Waals surface area (Å²) in [6, 6.07) is 16.7. The van der Waals surface area contributed by atoms with Gasteiger partial charge in [-0.05, 0) is 68.4 Å². The van der Waals surface area contributed by atoms with Gasteiger partial charge in [-0.15, -0.1) is 0 Å². The van der Waals surface area contributed by atoms with Crippen molar-refractivity contribution in [3.8, 4) is 5.75 Å². The van der Waals surface area contributed by atoms with Crippen LogP contribution in [0.4, 0.5) is 0 Å². The Hall–Kier alpha value is -2.38. The molecule has 0 aliphatic carbocycles. The van der Waals surface area contributed by atoms with E-state index in [1.54, 1.807) is 16.4 Å². The second kappa shape index (κ2) is 10.9. The van der Waals surface area contributed by atoms with Gasteiger partial charge in [0.2, 0.25) is 15.9 Å². The fourth-order valence-corrected chi connectivity index (χ4v) is 6.65. The molecule has 184 valence electrons. The average Bonchev–Trinajstić information content (AvgIpc) is 2.89. The Morgan fingerprint density at radius 2 is 1.65 bits per heavy atom. The third-order valence-corrected chi connectivity index (χ3v) is 8.98. The Morgan fingerprint density at radius 1 is 0.941 bits per heavy atom. The highest BCUT2D eigenvalue weighted by molar-refractivity contribution is 7.89. The molecule has 2 saturated heterocycles. The Morgan fingerprint density at radius 3 is 2.32 bits per heavy atom. The number of carbonyl (C=O) groups excluding carboxylic acids is 1. The maximum absolute atomic E-state index is 13.5. The first-order chi connectivity index (χ1) is 16.4. The minimum atomic E-state index is -3.65. The minimum absolute atomic E-state index is 0.114. The normalized spacial score (nSPS) is 21.9. The molecule has 2 aliphatic heterocycles. The number of carbonyl (C=O) groups is 1. The van der Waals surface area contributed by atoms with Gasteiger partial charge < -0.3 is 9.64 Å². The number of rotatable bonds is 8. The lowest BCUT2D eigenvalue weighted by atomic mass is 9.78. The summed E-state index contributed by atoms with van der Waals surface area (Å²) in [4.78, 5) is 15.5. The van der Waals surface area contributed by atoms with Gasteiger partial charge in [-0.2, -0.15) is 4.31 Å². The standard InChI is InChI=1S/C27H36N2O4S/c1-2-23-12-14-25(15-13-23)34(31,32)29-19-9-16-27(21-29,22-33-24-10-5-3-6-11-24)20-26(30)28-17-7-4-8-18-28/h3,5-6,10-15H,2,4,7-9,16-22H2,1H3/t27-/m1/s1. The largest absolute Gasteiger partial charge is 0.493 e. The van der Waals surface area contributed by atoms with Gasteiger partial charge in [-0.25, -0.2) is 8.42 Å². The summed E-state index contributed by atoms with van der Waals surface area (Å²) < 4.78 is 34.8. The maximum atomic E-state index is 13.5. The zero-order valence-corrected chi connectivity index (χ0v) is 20.9. The van der Waals surface area contributed by atoms with Crippen molar-refractivity contribution in [3.05, 3.63) is 60.2 Å². The summed E-state index contributed by atoms with van der Waals surface area (Å²) in [5.74, 6) is 0.852. The molecule has 34 heavy (non-hydrogen) atoms. The molecule has 0 N–H and O–H groups in total. The van der Waals surface area contributed by atoms with E-state index in [2.05, 4.69) is 6.92 Å². The van der Waals surface area contributed by atoms with Crippen LogP contribution >= 0.6 is 0 Å². The van der Waals surface area contributed by atoms with Crippen LogP contribution in [0.25, 0.3) is 0 Å². The molecule has 0 saturated carbocycles. The zero-order chi connectivity index (χ0) is 24.0. The van der Waals surface area contributed by atoms with E-state index in [1.807, 2.05) is 47.4 Å². The molecule has 4 rings (SSSR count). The van der Waals surface area contributed by atoms with Crippen LogP contribution in [0.1, 0.15) is 51.0 Å². The molecule has 2 heterocycles. The number of amides is 1. The smallest absolute Gasteiger partial charge is 0.243 e. The summed E-state index contributed by atoms with van der Waals surface area (Å²) in [6.45, 7) is 4.70.